The Morgan fingerprint density at radius 2 is 2.18 bits per heavy atom. The second kappa shape index (κ2) is 5.83. The lowest BCUT2D eigenvalue weighted by atomic mass is 9.96. The van der Waals surface area contributed by atoms with Crippen molar-refractivity contribution in [3.63, 3.8) is 0 Å². The first-order chi connectivity index (χ1) is 8.17. The van der Waals surface area contributed by atoms with Gasteiger partial charge in [-0.1, -0.05) is 6.92 Å². The van der Waals surface area contributed by atoms with Crippen LogP contribution < -0.4 is 5.32 Å². The summed E-state index contributed by atoms with van der Waals surface area (Å²) >= 11 is 0. The highest BCUT2D eigenvalue weighted by molar-refractivity contribution is 5.71. The van der Waals surface area contributed by atoms with E-state index in [1.807, 2.05) is 0 Å². The Hall–Kier alpha value is -0.610. The van der Waals surface area contributed by atoms with E-state index in [9.17, 15) is 4.79 Å². The van der Waals surface area contributed by atoms with E-state index < -0.39 is 0 Å². The summed E-state index contributed by atoms with van der Waals surface area (Å²) in [5, 5.41) is 3.64. The molecule has 0 aromatic heterocycles. The van der Waals surface area contributed by atoms with Gasteiger partial charge in [0.25, 0.3) is 0 Å². The monoisotopic (exact) mass is 240 g/mol. The molecule has 2 aliphatic rings. The first-order valence-electron chi connectivity index (χ1n) is 6.70. The summed E-state index contributed by atoms with van der Waals surface area (Å²) in [7, 11) is 1.46. The van der Waals surface area contributed by atoms with Crippen molar-refractivity contribution in [1.29, 1.82) is 0 Å². The van der Waals surface area contributed by atoms with Gasteiger partial charge in [-0.15, -0.1) is 0 Å². The second-order valence-electron chi connectivity index (χ2n) is 5.66. The molecule has 98 valence electrons. The first-order valence-corrected chi connectivity index (χ1v) is 6.70. The molecule has 2 atom stereocenters. The van der Waals surface area contributed by atoms with E-state index in [1.54, 1.807) is 0 Å². The van der Waals surface area contributed by atoms with Crippen molar-refractivity contribution in [2.45, 2.75) is 32.2 Å². The molecule has 1 saturated carbocycles. The minimum Gasteiger partial charge on any atom is -0.468 e. The molecule has 2 fully saturated rings. The van der Waals surface area contributed by atoms with Gasteiger partial charge in [0.2, 0.25) is 0 Å². The van der Waals surface area contributed by atoms with Crippen molar-refractivity contribution in [3.05, 3.63) is 0 Å². The molecule has 0 radical (unpaired) electrons. The largest absolute Gasteiger partial charge is 0.468 e. The summed E-state index contributed by atoms with van der Waals surface area (Å²) in [5.74, 6) is 1.45. The fraction of sp³-hybridized carbons (Fsp3) is 0.923. The standard InChI is InChI=1S/C13H24N2O2/c1-10-5-12(14-6-11-3-4-11)8-15(7-10)9-13(16)17-2/h10-12,14H,3-9H2,1-2H3. The van der Waals surface area contributed by atoms with Gasteiger partial charge in [-0.2, -0.15) is 0 Å². The maximum atomic E-state index is 11.3. The minimum atomic E-state index is -0.125. The maximum Gasteiger partial charge on any atom is 0.319 e. The Labute approximate surface area is 104 Å². The molecule has 1 saturated heterocycles. The summed E-state index contributed by atoms with van der Waals surface area (Å²) in [5.41, 5.74) is 0. The number of likely N-dealkylation sites (tertiary alicyclic amines) is 1. The van der Waals surface area contributed by atoms with Crippen LogP contribution >= 0.6 is 0 Å². The smallest absolute Gasteiger partial charge is 0.319 e. The zero-order valence-electron chi connectivity index (χ0n) is 10.9. The number of rotatable bonds is 5. The number of nitrogens with one attached hydrogen (secondary N) is 1. The fourth-order valence-corrected chi connectivity index (χ4v) is 2.64. The highest BCUT2D eigenvalue weighted by atomic mass is 16.5. The summed E-state index contributed by atoms with van der Waals surface area (Å²) < 4.78 is 4.73. The fourth-order valence-electron chi connectivity index (χ4n) is 2.64. The van der Waals surface area contributed by atoms with Gasteiger partial charge >= 0.3 is 5.97 Å². The molecule has 4 nitrogen and oxygen atoms in total. The molecule has 0 spiro atoms. The number of piperidine rings is 1. The van der Waals surface area contributed by atoms with Gasteiger partial charge < -0.3 is 10.1 Å². The van der Waals surface area contributed by atoms with Gasteiger partial charge in [-0.05, 0) is 37.6 Å². The molecule has 1 heterocycles. The van der Waals surface area contributed by atoms with Crippen molar-refractivity contribution in [2.75, 3.05) is 33.3 Å². The molecule has 2 unspecified atom stereocenters. The van der Waals surface area contributed by atoms with Gasteiger partial charge in [-0.25, -0.2) is 0 Å². The Kier molecular flexibility index (Phi) is 4.40. The van der Waals surface area contributed by atoms with Gasteiger partial charge in [0.15, 0.2) is 0 Å². The highest BCUT2D eigenvalue weighted by Crippen LogP contribution is 2.28. The van der Waals surface area contributed by atoms with E-state index in [-0.39, 0.29) is 5.97 Å². The average molecular weight is 240 g/mol. The molecular weight excluding hydrogens is 216 g/mol. The van der Waals surface area contributed by atoms with E-state index >= 15 is 0 Å². The number of carbonyl (C=O) groups is 1. The summed E-state index contributed by atoms with van der Waals surface area (Å²) in [6.07, 6.45) is 4.01. The van der Waals surface area contributed by atoms with E-state index in [0.29, 0.717) is 18.5 Å². The topological polar surface area (TPSA) is 41.6 Å². The molecule has 17 heavy (non-hydrogen) atoms. The molecule has 0 aromatic carbocycles. The molecule has 0 aromatic rings. The van der Waals surface area contributed by atoms with Gasteiger partial charge in [-0.3, -0.25) is 9.69 Å². The average Bonchev–Trinajstić information content (AvgIpc) is 3.09. The van der Waals surface area contributed by atoms with Crippen LogP contribution in [0.25, 0.3) is 0 Å². The first kappa shape index (κ1) is 12.8. The molecule has 1 N–H and O–H groups in total. The number of carbonyl (C=O) groups excluding carboxylic acids is 1. The van der Waals surface area contributed by atoms with Gasteiger partial charge in [0, 0.05) is 19.1 Å². The van der Waals surface area contributed by atoms with E-state index in [1.165, 1.54) is 26.4 Å². The summed E-state index contributed by atoms with van der Waals surface area (Å²) in [4.78, 5) is 13.5. The SMILES string of the molecule is COC(=O)CN1CC(C)CC(NCC2CC2)C1. The zero-order valence-corrected chi connectivity index (χ0v) is 10.9. The third-order valence-corrected chi connectivity index (χ3v) is 3.71. The number of nitrogens with zero attached hydrogens (tertiary/aromatic N) is 1. The lowest BCUT2D eigenvalue weighted by Crippen LogP contribution is -2.50. The van der Waals surface area contributed by atoms with Crippen molar-refractivity contribution in [2.24, 2.45) is 11.8 Å². The van der Waals surface area contributed by atoms with Crippen molar-refractivity contribution in [3.8, 4) is 0 Å². The number of methoxy groups -OCH3 is 1. The highest BCUT2D eigenvalue weighted by Gasteiger charge is 2.28. The lowest BCUT2D eigenvalue weighted by Gasteiger charge is -2.36. The molecule has 0 amide bonds. The zero-order chi connectivity index (χ0) is 12.3. The third-order valence-electron chi connectivity index (χ3n) is 3.71. The van der Waals surface area contributed by atoms with Crippen molar-refractivity contribution in [1.82, 2.24) is 10.2 Å². The van der Waals surface area contributed by atoms with Gasteiger partial charge in [0.1, 0.15) is 0 Å². The van der Waals surface area contributed by atoms with E-state index in [4.69, 9.17) is 4.74 Å². The van der Waals surface area contributed by atoms with Crippen LogP contribution in [-0.2, 0) is 9.53 Å². The third kappa shape index (κ3) is 4.28. The van der Waals surface area contributed by atoms with E-state index in [2.05, 4.69) is 17.1 Å². The number of ether oxygens (including phenoxy) is 1. The molecule has 4 heteroatoms. The normalized spacial score (nSPS) is 30.2. The summed E-state index contributed by atoms with van der Waals surface area (Å²) in [6, 6.07) is 0.545. The second-order valence-corrected chi connectivity index (χ2v) is 5.66. The van der Waals surface area contributed by atoms with Gasteiger partial charge in [0.05, 0.1) is 13.7 Å². The predicted molar refractivity (Wildman–Crippen MR) is 66.8 cm³/mol. The van der Waals surface area contributed by atoms with Crippen LogP contribution in [0.15, 0.2) is 0 Å². The number of esters is 1. The Morgan fingerprint density at radius 1 is 1.41 bits per heavy atom. The Bertz CT molecular complexity index is 266. The van der Waals surface area contributed by atoms with Crippen molar-refractivity contribution >= 4 is 5.97 Å². The summed E-state index contributed by atoms with van der Waals surface area (Å²) in [6.45, 7) is 5.84. The Balaban J connectivity index is 1.75. The molecule has 1 aliphatic heterocycles. The van der Waals surface area contributed by atoms with E-state index in [0.717, 1.165) is 25.6 Å². The maximum absolute atomic E-state index is 11.3. The predicted octanol–water partition coefficient (Wildman–Crippen LogP) is 0.869. The van der Waals surface area contributed by atoms with Crippen LogP contribution in [0.1, 0.15) is 26.2 Å². The van der Waals surface area contributed by atoms with Crippen LogP contribution in [-0.4, -0.2) is 50.2 Å². The van der Waals surface area contributed by atoms with Crippen LogP contribution in [0, 0.1) is 11.8 Å². The lowest BCUT2D eigenvalue weighted by molar-refractivity contribution is -0.142. The number of hydrogen-bond acceptors (Lipinski definition) is 4. The van der Waals surface area contributed by atoms with Crippen LogP contribution in [0.3, 0.4) is 0 Å². The molecule has 2 rings (SSSR count). The molecular formula is C13H24N2O2. The Morgan fingerprint density at radius 3 is 2.82 bits per heavy atom. The van der Waals surface area contributed by atoms with Crippen LogP contribution in [0.2, 0.25) is 0 Å². The van der Waals surface area contributed by atoms with Crippen LogP contribution in [0.4, 0.5) is 0 Å². The minimum absolute atomic E-state index is 0.125. The molecule has 0 bridgehead atoms. The van der Waals surface area contributed by atoms with Crippen LogP contribution in [0.5, 0.6) is 0 Å². The van der Waals surface area contributed by atoms with Crippen molar-refractivity contribution < 1.29 is 9.53 Å². The quantitative estimate of drug-likeness (QED) is 0.724. The number of hydrogen-bond donors (Lipinski definition) is 1. The molecule has 1 aliphatic carbocycles.